The number of anilines is 3. The minimum Gasteiger partial charge on any atom is -0.339 e. The molecule has 1 aliphatic heterocycles. The topological polar surface area (TPSA) is 87.1 Å². The fourth-order valence-corrected chi connectivity index (χ4v) is 3.42. The number of carbonyl (C=O) groups excluding carboxylic acids is 1. The van der Waals surface area contributed by atoms with Crippen molar-refractivity contribution in [2.24, 2.45) is 0 Å². The lowest BCUT2D eigenvalue weighted by atomic mass is 10.1. The summed E-state index contributed by atoms with van der Waals surface area (Å²) in [6.07, 6.45) is 6.57. The van der Waals surface area contributed by atoms with Gasteiger partial charge < -0.3 is 15.1 Å². The summed E-state index contributed by atoms with van der Waals surface area (Å²) in [6.45, 7) is 6.68. The summed E-state index contributed by atoms with van der Waals surface area (Å²) in [5, 5.41) is 3.24. The molecule has 2 aromatic heterocycles. The second-order valence-corrected chi connectivity index (χ2v) is 7.12. The number of nitrogens with one attached hydrogen (secondary N) is 1. The normalized spacial score (nSPS) is 14.0. The van der Waals surface area contributed by atoms with E-state index in [-0.39, 0.29) is 5.91 Å². The van der Waals surface area contributed by atoms with Crippen molar-refractivity contribution >= 4 is 23.4 Å². The van der Waals surface area contributed by atoms with Gasteiger partial charge in [-0.25, -0.2) is 19.9 Å². The predicted molar refractivity (Wildman–Crippen MR) is 111 cm³/mol. The van der Waals surface area contributed by atoms with E-state index in [0.29, 0.717) is 43.6 Å². The summed E-state index contributed by atoms with van der Waals surface area (Å²) in [6, 6.07) is 8.00. The molecule has 0 aliphatic carbocycles. The molecule has 1 fully saturated rings. The van der Waals surface area contributed by atoms with Gasteiger partial charge in [-0.3, -0.25) is 4.79 Å². The molecule has 3 aromatic rings. The second kappa shape index (κ2) is 8.22. The van der Waals surface area contributed by atoms with Gasteiger partial charge in [0, 0.05) is 44.3 Å². The number of carbonyl (C=O) groups is 1. The molecule has 0 saturated carbocycles. The van der Waals surface area contributed by atoms with Gasteiger partial charge in [-0.05, 0) is 43.2 Å². The quantitative estimate of drug-likeness (QED) is 0.734. The number of benzene rings is 1. The molecule has 1 N–H and O–H groups in total. The number of nitrogens with zero attached hydrogens (tertiary/aromatic N) is 6. The molecule has 0 bridgehead atoms. The number of amides is 1. The van der Waals surface area contributed by atoms with Crippen molar-refractivity contribution in [2.75, 3.05) is 36.4 Å². The first-order valence-electron chi connectivity index (χ1n) is 9.57. The molecule has 3 heterocycles. The zero-order valence-corrected chi connectivity index (χ0v) is 16.5. The molecular weight excluding hydrogens is 366 g/mol. The van der Waals surface area contributed by atoms with Crippen molar-refractivity contribution in [3.63, 3.8) is 0 Å². The smallest absolute Gasteiger partial charge is 0.274 e. The van der Waals surface area contributed by atoms with Crippen LogP contribution < -0.4 is 10.2 Å². The van der Waals surface area contributed by atoms with Crippen molar-refractivity contribution in [2.45, 2.75) is 13.8 Å². The fraction of sp³-hybridized carbons (Fsp3) is 0.286. The third kappa shape index (κ3) is 4.48. The second-order valence-electron chi connectivity index (χ2n) is 7.12. The summed E-state index contributed by atoms with van der Waals surface area (Å²) in [4.78, 5) is 33.8. The van der Waals surface area contributed by atoms with E-state index in [1.54, 1.807) is 29.6 Å². The lowest BCUT2D eigenvalue weighted by Crippen LogP contribution is -2.49. The highest BCUT2D eigenvalue weighted by Gasteiger charge is 2.24. The monoisotopic (exact) mass is 389 g/mol. The molecule has 29 heavy (non-hydrogen) atoms. The van der Waals surface area contributed by atoms with Crippen LogP contribution in [0.4, 0.5) is 17.5 Å². The maximum atomic E-state index is 12.8. The van der Waals surface area contributed by atoms with E-state index in [1.165, 1.54) is 17.3 Å². The van der Waals surface area contributed by atoms with Crippen LogP contribution in [0.3, 0.4) is 0 Å². The molecule has 1 amide bonds. The van der Waals surface area contributed by atoms with Crippen LogP contribution in [0.2, 0.25) is 0 Å². The first kappa shape index (κ1) is 18.8. The number of aromatic nitrogens is 4. The van der Waals surface area contributed by atoms with Gasteiger partial charge in [-0.2, -0.15) is 0 Å². The SMILES string of the molecule is Cc1cc(C)cc(Nc2cnc(C(=O)N3CCN(c4ncccn4)CC3)cn2)c1. The molecule has 1 saturated heterocycles. The molecule has 0 spiro atoms. The molecule has 1 aromatic carbocycles. The van der Waals surface area contributed by atoms with E-state index in [4.69, 9.17) is 0 Å². The molecule has 1 aliphatic rings. The zero-order chi connectivity index (χ0) is 20.2. The number of hydrogen-bond donors (Lipinski definition) is 1. The Morgan fingerprint density at radius 1 is 0.897 bits per heavy atom. The van der Waals surface area contributed by atoms with Gasteiger partial charge in [-0.1, -0.05) is 6.07 Å². The predicted octanol–water partition coefficient (Wildman–Crippen LogP) is 2.59. The van der Waals surface area contributed by atoms with Crippen LogP contribution in [0.1, 0.15) is 21.6 Å². The van der Waals surface area contributed by atoms with Crippen LogP contribution >= 0.6 is 0 Å². The average molecular weight is 389 g/mol. The van der Waals surface area contributed by atoms with Crippen molar-refractivity contribution in [3.05, 3.63) is 65.9 Å². The molecule has 8 nitrogen and oxygen atoms in total. The molecule has 0 radical (unpaired) electrons. The van der Waals surface area contributed by atoms with Gasteiger partial charge in [0.05, 0.1) is 12.4 Å². The van der Waals surface area contributed by atoms with Crippen molar-refractivity contribution in [1.82, 2.24) is 24.8 Å². The van der Waals surface area contributed by atoms with E-state index in [1.807, 2.05) is 12.1 Å². The average Bonchev–Trinajstić information content (AvgIpc) is 2.74. The minimum atomic E-state index is -0.107. The lowest BCUT2D eigenvalue weighted by molar-refractivity contribution is 0.0740. The van der Waals surface area contributed by atoms with Crippen LogP contribution in [0.25, 0.3) is 0 Å². The highest BCUT2D eigenvalue weighted by Crippen LogP contribution is 2.18. The molecular formula is C21H23N7O. The Morgan fingerprint density at radius 3 is 2.21 bits per heavy atom. The van der Waals surface area contributed by atoms with E-state index in [2.05, 4.69) is 50.1 Å². The molecule has 8 heteroatoms. The highest BCUT2D eigenvalue weighted by molar-refractivity contribution is 5.92. The van der Waals surface area contributed by atoms with Crippen LogP contribution in [-0.2, 0) is 0 Å². The van der Waals surface area contributed by atoms with E-state index in [9.17, 15) is 4.79 Å². The van der Waals surface area contributed by atoms with Gasteiger partial charge >= 0.3 is 0 Å². The maximum Gasteiger partial charge on any atom is 0.274 e. The largest absolute Gasteiger partial charge is 0.339 e. The van der Waals surface area contributed by atoms with Crippen LogP contribution in [0, 0.1) is 13.8 Å². The fourth-order valence-electron chi connectivity index (χ4n) is 3.42. The summed E-state index contributed by atoms with van der Waals surface area (Å²) >= 11 is 0. The van der Waals surface area contributed by atoms with Crippen LogP contribution in [0.5, 0.6) is 0 Å². The summed E-state index contributed by atoms with van der Waals surface area (Å²) in [5.41, 5.74) is 3.65. The highest BCUT2D eigenvalue weighted by atomic mass is 16.2. The Bertz CT molecular complexity index is 963. The van der Waals surface area contributed by atoms with Gasteiger partial charge in [0.25, 0.3) is 5.91 Å². The number of aryl methyl sites for hydroxylation is 2. The molecule has 148 valence electrons. The van der Waals surface area contributed by atoms with Gasteiger partial charge in [0.1, 0.15) is 11.5 Å². The molecule has 4 rings (SSSR count). The Morgan fingerprint density at radius 2 is 1.59 bits per heavy atom. The van der Waals surface area contributed by atoms with E-state index < -0.39 is 0 Å². The van der Waals surface area contributed by atoms with Gasteiger partial charge in [0.15, 0.2) is 0 Å². The minimum absolute atomic E-state index is 0.107. The molecule has 0 unspecified atom stereocenters. The van der Waals surface area contributed by atoms with Crippen molar-refractivity contribution < 1.29 is 4.79 Å². The Labute approximate surface area is 169 Å². The summed E-state index contributed by atoms with van der Waals surface area (Å²) in [5.74, 6) is 1.20. The van der Waals surface area contributed by atoms with Gasteiger partial charge in [-0.15, -0.1) is 0 Å². The first-order chi connectivity index (χ1) is 14.1. The lowest BCUT2D eigenvalue weighted by Gasteiger charge is -2.34. The van der Waals surface area contributed by atoms with Crippen LogP contribution in [0.15, 0.2) is 49.1 Å². The Balaban J connectivity index is 1.37. The van der Waals surface area contributed by atoms with E-state index in [0.717, 1.165) is 5.69 Å². The molecule has 0 atom stereocenters. The van der Waals surface area contributed by atoms with Gasteiger partial charge in [0.2, 0.25) is 5.95 Å². The third-order valence-electron chi connectivity index (χ3n) is 4.77. The Hall–Kier alpha value is -3.55. The summed E-state index contributed by atoms with van der Waals surface area (Å²) < 4.78 is 0. The first-order valence-corrected chi connectivity index (χ1v) is 9.57. The number of piperazine rings is 1. The summed E-state index contributed by atoms with van der Waals surface area (Å²) in [7, 11) is 0. The van der Waals surface area contributed by atoms with Crippen molar-refractivity contribution in [3.8, 4) is 0 Å². The standard InChI is InChI=1S/C21H23N7O/c1-15-10-16(2)12-17(11-15)26-19-14-24-18(13-25-19)20(29)27-6-8-28(9-7-27)21-22-4-3-5-23-21/h3-5,10-14H,6-9H2,1-2H3,(H,25,26). The number of hydrogen-bond acceptors (Lipinski definition) is 7. The van der Waals surface area contributed by atoms with Crippen LogP contribution in [-0.4, -0.2) is 56.9 Å². The Kier molecular flexibility index (Phi) is 5.33. The maximum absolute atomic E-state index is 12.8. The van der Waals surface area contributed by atoms with E-state index >= 15 is 0 Å². The third-order valence-corrected chi connectivity index (χ3v) is 4.77. The zero-order valence-electron chi connectivity index (χ0n) is 16.5. The number of rotatable bonds is 4. The van der Waals surface area contributed by atoms with Crippen molar-refractivity contribution in [1.29, 1.82) is 0 Å².